The first kappa shape index (κ1) is 19.6. The van der Waals surface area contributed by atoms with Gasteiger partial charge in [0.05, 0.1) is 6.54 Å². The van der Waals surface area contributed by atoms with Gasteiger partial charge in [0.25, 0.3) is 5.91 Å². The third-order valence-electron chi connectivity index (χ3n) is 4.81. The van der Waals surface area contributed by atoms with E-state index in [4.69, 9.17) is 0 Å². The number of carbonyl (C=O) groups excluding carboxylic acids is 2. The van der Waals surface area contributed by atoms with Gasteiger partial charge in [0.15, 0.2) is 0 Å². The van der Waals surface area contributed by atoms with E-state index in [1.807, 2.05) is 17.0 Å². The summed E-state index contributed by atoms with van der Waals surface area (Å²) in [5.41, 5.74) is 2.97. The summed E-state index contributed by atoms with van der Waals surface area (Å²) >= 11 is 3.35. The summed E-state index contributed by atoms with van der Waals surface area (Å²) in [6.07, 6.45) is 2.08. The van der Waals surface area contributed by atoms with E-state index >= 15 is 0 Å². The molecule has 1 N–H and O–H groups in total. The van der Waals surface area contributed by atoms with Gasteiger partial charge >= 0.3 is 0 Å². The molecule has 2 amide bonds. The molecule has 2 aromatic carbocycles. The van der Waals surface area contributed by atoms with Crippen molar-refractivity contribution in [2.45, 2.75) is 45.2 Å². The van der Waals surface area contributed by atoms with Gasteiger partial charge in [0.2, 0.25) is 5.91 Å². The summed E-state index contributed by atoms with van der Waals surface area (Å²) in [5, 5.41) is 2.75. The molecule has 0 aromatic heterocycles. The first-order chi connectivity index (χ1) is 12.9. The quantitative estimate of drug-likeness (QED) is 0.705. The Bertz CT molecular complexity index is 796. The molecule has 0 aliphatic heterocycles. The summed E-state index contributed by atoms with van der Waals surface area (Å²) in [7, 11) is 0. The standard InChI is InChI=1S/C22H25BrN2O2/c1-15(2)17-5-3-16(4-6-17)14-25(20-11-12-20)21(26)13-24-22(27)18-7-9-19(23)10-8-18/h3-10,15,20H,11-14H2,1-2H3,(H,24,27). The summed E-state index contributed by atoms with van der Waals surface area (Å²) in [4.78, 5) is 26.8. The van der Waals surface area contributed by atoms with Crippen molar-refractivity contribution in [1.82, 2.24) is 10.2 Å². The van der Waals surface area contributed by atoms with Crippen LogP contribution in [0, 0.1) is 0 Å². The van der Waals surface area contributed by atoms with Crippen LogP contribution in [0.2, 0.25) is 0 Å². The minimum atomic E-state index is -0.229. The number of rotatable bonds is 7. The predicted octanol–water partition coefficient (Wildman–Crippen LogP) is 4.49. The van der Waals surface area contributed by atoms with E-state index in [1.54, 1.807) is 12.1 Å². The number of carbonyl (C=O) groups is 2. The molecule has 4 nitrogen and oxygen atoms in total. The zero-order chi connectivity index (χ0) is 19.4. The molecule has 0 atom stereocenters. The lowest BCUT2D eigenvalue weighted by Gasteiger charge is -2.23. The lowest BCUT2D eigenvalue weighted by molar-refractivity contribution is -0.131. The molecular weight excluding hydrogens is 404 g/mol. The molecule has 0 saturated heterocycles. The molecule has 1 aliphatic carbocycles. The molecule has 2 aromatic rings. The molecule has 1 aliphatic rings. The van der Waals surface area contributed by atoms with Crippen LogP contribution >= 0.6 is 15.9 Å². The number of nitrogens with zero attached hydrogens (tertiary/aromatic N) is 1. The van der Waals surface area contributed by atoms with Gasteiger partial charge in [0, 0.05) is 22.6 Å². The second kappa shape index (κ2) is 8.70. The monoisotopic (exact) mass is 428 g/mol. The van der Waals surface area contributed by atoms with Crippen LogP contribution in [0.4, 0.5) is 0 Å². The lowest BCUT2D eigenvalue weighted by atomic mass is 10.0. The topological polar surface area (TPSA) is 49.4 Å². The van der Waals surface area contributed by atoms with Crippen molar-refractivity contribution in [3.8, 4) is 0 Å². The minimum Gasteiger partial charge on any atom is -0.343 e. The maximum atomic E-state index is 12.7. The SMILES string of the molecule is CC(C)c1ccc(CN(C(=O)CNC(=O)c2ccc(Br)cc2)C2CC2)cc1. The number of benzene rings is 2. The fourth-order valence-electron chi connectivity index (χ4n) is 2.97. The van der Waals surface area contributed by atoms with E-state index in [-0.39, 0.29) is 18.4 Å². The highest BCUT2D eigenvalue weighted by Crippen LogP contribution is 2.28. The van der Waals surface area contributed by atoms with Crippen molar-refractivity contribution in [1.29, 1.82) is 0 Å². The number of halogens is 1. The second-order valence-electron chi connectivity index (χ2n) is 7.34. The molecule has 0 spiro atoms. The van der Waals surface area contributed by atoms with Crippen LogP contribution in [0.5, 0.6) is 0 Å². The van der Waals surface area contributed by atoms with Crippen LogP contribution in [-0.4, -0.2) is 29.3 Å². The summed E-state index contributed by atoms with van der Waals surface area (Å²) in [6.45, 7) is 4.96. The Morgan fingerprint density at radius 2 is 1.70 bits per heavy atom. The Labute approximate surface area is 169 Å². The highest BCUT2D eigenvalue weighted by molar-refractivity contribution is 9.10. The molecule has 0 radical (unpaired) electrons. The first-order valence-corrected chi connectivity index (χ1v) is 10.2. The fourth-order valence-corrected chi connectivity index (χ4v) is 3.24. The maximum absolute atomic E-state index is 12.7. The van der Waals surface area contributed by atoms with Gasteiger partial charge in [-0.15, -0.1) is 0 Å². The Morgan fingerprint density at radius 3 is 2.26 bits per heavy atom. The van der Waals surface area contributed by atoms with Crippen LogP contribution in [0.3, 0.4) is 0 Å². The van der Waals surface area contributed by atoms with Gasteiger partial charge in [-0.1, -0.05) is 54.0 Å². The Kier molecular flexibility index (Phi) is 6.32. The summed E-state index contributed by atoms with van der Waals surface area (Å²) in [5.74, 6) is 0.234. The Hall–Kier alpha value is -2.14. The largest absolute Gasteiger partial charge is 0.343 e. The third-order valence-corrected chi connectivity index (χ3v) is 5.34. The summed E-state index contributed by atoms with van der Waals surface area (Å²) < 4.78 is 0.915. The van der Waals surface area contributed by atoms with Crippen LogP contribution in [-0.2, 0) is 11.3 Å². The zero-order valence-electron chi connectivity index (χ0n) is 15.7. The van der Waals surface area contributed by atoms with Gasteiger partial charge in [-0.2, -0.15) is 0 Å². The van der Waals surface area contributed by atoms with E-state index in [2.05, 4.69) is 59.4 Å². The van der Waals surface area contributed by atoms with Crippen molar-refractivity contribution in [2.24, 2.45) is 0 Å². The zero-order valence-corrected chi connectivity index (χ0v) is 17.3. The van der Waals surface area contributed by atoms with E-state index in [0.717, 1.165) is 22.9 Å². The smallest absolute Gasteiger partial charge is 0.251 e. The number of nitrogens with one attached hydrogen (secondary N) is 1. The highest BCUT2D eigenvalue weighted by atomic mass is 79.9. The van der Waals surface area contributed by atoms with Crippen LogP contribution in [0.15, 0.2) is 53.0 Å². The molecule has 27 heavy (non-hydrogen) atoms. The average Bonchev–Trinajstić information content (AvgIpc) is 3.50. The second-order valence-corrected chi connectivity index (χ2v) is 8.25. The normalized spacial score (nSPS) is 13.5. The third kappa shape index (κ3) is 5.42. The number of amides is 2. The molecule has 5 heteroatoms. The molecule has 3 rings (SSSR count). The Balaban J connectivity index is 1.58. The van der Waals surface area contributed by atoms with Gasteiger partial charge in [-0.25, -0.2) is 0 Å². The van der Waals surface area contributed by atoms with Crippen molar-refractivity contribution in [2.75, 3.05) is 6.54 Å². The Morgan fingerprint density at radius 1 is 1.07 bits per heavy atom. The molecule has 0 bridgehead atoms. The van der Waals surface area contributed by atoms with Gasteiger partial charge in [-0.05, 0) is 54.2 Å². The van der Waals surface area contributed by atoms with Crippen molar-refractivity contribution in [3.05, 3.63) is 69.7 Å². The maximum Gasteiger partial charge on any atom is 0.251 e. The van der Waals surface area contributed by atoms with Gasteiger partial charge < -0.3 is 10.2 Å². The molecule has 0 heterocycles. The summed E-state index contributed by atoms with van der Waals surface area (Å²) in [6, 6.07) is 15.8. The molecule has 1 fully saturated rings. The number of hydrogen-bond acceptors (Lipinski definition) is 2. The van der Waals surface area contributed by atoms with Crippen LogP contribution in [0.25, 0.3) is 0 Å². The van der Waals surface area contributed by atoms with E-state index in [0.29, 0.717) is 24.1 Å². The van der Waals surface area contributed by atoms with Gasteiger partial charge in [0.1, 0.15) is 0 Å². The first-order valence-electron chi connectivity index (χ1n) is 9.36. The molecule has 1 saturated carbocycles. The average molecular weight is 429 g/mol. The van der Waals surface area contributed by atoms with Crippen LogP contribution in [0.1, 0.15) is 54.1 Å². The van der Waals surface area contributed by atoms with E-state index in [1.165, 1.54) is 5.56 Å². The molecule has 0 unspecified atom stereocenters. The minimum absolute atomic E-state index is 0.0233. The van der Waals surface area contributed by atoms with Crippen molar-refractivity contribution < 1.29 is 9.59 Å². The van der Waals surface area contributed by atoms with Crippen molar-refractivity contribution in [3.63, 3.8) is 0 Å². The van der Waals surface area contributed by atoms with E-state index < -0.39 is 0 Å². The van der Waals surface area contributed by atoms with Crippen molar-refractivity contribution >= 4 is 27.7 Å². The molecular formula is C22H25BrN2O2. The van der Waals surface area contributed by atoms with E-state index in [9.17, 15) is 9.59 Å². The highest BCUT2D eigenvalue weighted by Gasteiger charge is 2.32. The van der Waals surface area contributed by atoms with Crippen LogP contribution < -0.4 is 5.32 Å². The van der Waals surface area contributed by atoms with Gasteiger partial charge in [-0.3, -0.25) is 9.59 Å². The predicted molar refractivity (Wildman–Crippen MR) is 111 cm³/mol. The number of hydrogen-bond donors (Lipinski definition) is 1. The fraction of sp³-hybridized carbons (Fsp3) is 0.364. The lowest BCUT2D eigenvalue weighted by Crippen LogP contribution is -2.41. The molecule has 142 valence electrons.